The Bertz CT molecular complexity index is 13.7. The Hall–Kier alpha value is 2.23. The molecule has 0 saturated carbocycles. The smallest absolute Gasteiger partial charge is 1.00 e. The third-order valence-electron chi connectivity index (χ3n) is 0.354. The van der Waals surface area contributed by atoms with Crippen LogP contribution in [0.15, 0.2) is 0 Å². The van der Waals surface area contributed by atoms with Gasteiger partial charge in [0.2, 0.25) is 0 Å². The van der Waals surface area contributed by atoms with Gasteiger partial charge in [0.1, 0.15) is 0 Å². The molecule has 0 aliphatic rings. The molecule has 0 aliphatic carbocycles. The zero-order chi connectivity index (χ0) is 3.41. The average Bonchev–Trinajstić information content (AvgIpc) is 1.37. The van der Waals surface area contributed by atoms with Gasteiger partial charge in [-0.3, -0.25) is 0 Å². The van der Waals surface area contributed by atoms with Crippen LogP contribution in [0.2, 0.25) is 0 Å². The molecule has 0 aromatic heterocycles. The van der Waals surface area contributed by atoms with Gasteiger partial charge >= 0.3 is 70.2 Å². The normalized spacial score (nSPS) is 5.00. The Kier molecular flexibility index (Phi) is 41.1. The molecular weight excluding hydrogens is 94.1 g/mol. The molecule has 0 aromatic rings. The molecule has 0 radical (unpaired) electrons. The van der Waals surface area contributed by atoms with Crippen LogP contribution in [0.1, 0.15) is 21.2 Å². The van der Waals surface area contributed by atoms with Gasteiger partial charge in [0.15, 0.2) is 0 Å². The molecule has 6 heavy (non-hydrogen) atoms. The zero-order valence-corrected chi connectivity index (χ0v) is 8.24. The van der Waals surface area contributed by atoms with E-state index < -0.39 is 0 Å². The molecule has 0 nitrogen and oxygen atoms in total. The second kappa shape index (κ2) is 15.7. The van der Waals surface area contributed by atoms with Crippen LogP contribution in [0.4, 0.5) is 0 Å². The minimum atomic E-state index is 0. The first-order chi connectivity index (χ1) is 1.91. The van der Waals surface area contributed by atoms with E-state index in [2.05, 4.69) is 13.8 Å². The number of hydrogen-bond acceptors (Lipinski definition) is 0. The second-order valence-electron chi connectivity index (χ2n) is 0.854. The fraction of sp³-hybridized carbons (Fsp3) is 0.750. The van der Waals surface area contributed by atoms with Gasteiger partial charge in [-0.1, -0.05) is 13.3 Å². The first-order valence-corrected chi connectivity index (χ1v) is 1.71. The molecule has 0 saturated heterocycles. The molecule has 0 amide bonds. The molecule has 0 atom stereocenters. The summed E-state index contributed by atoms with van der Waals surface area (Å²) in [5.74, 6) is 0. The molecule has 0 aromatic carbocycles. The SMILES string of the molecule is [CH2-]CCC.[H-].[K+].[Li+]. The van der Waals surface area contributed by atoms with Crippen molar-refractivity contribution in [3.8, 4) is 0 Å². The maximum Gasteiger partial charge on any atom is 1.00 e. The predicted octanol–water partition coefficient (Wildman–Crippen LogP) is -4.26. The van der Waals surface area contributed by atoms with E-state index in [4.69, 9.17) is 0 Å². The van der Waals surface area contributed by atoms with Crippen LogP contribution < -0.4 is 70.2 Å². The summed E-state index contributed by atoms with van der Waals surface area (Å²) >= 11 is 0. The quantitative estimate of drug-likeness (QED) is 0.233. The summed E-state index contributed by atoms with van der Waals surface area (Å²) in [6.07, 6.45) is 2.28. The molecule has 0 fully saturated rings. The summed E-state index contributed by atoms with van der Waals surface area (Å²) in [5, 5.41) is 0. The Morgan fingerprint density at radius 3 is 1.83 bits per heavy atom. The van der Waals surface area contributed by atoms with E-state index in [1.807, 2.05) is 0 Å². The van der Waals surface area contributed by atoms with E-state index in [9.17, 15) is 0 Å². The van der Waals surface area contributed by atoms with E-state index >= 15 is 0 Å². The summed E-state index contributed by atoms with van der Waals surface area (Å²) < 4.78 is 0. The molecule has 0 spiro atoms. The monoisotopic (exact) mass is 104 g/mol. The molecule has 0 N–H and O–H groups in total. The third kappa shape index (κ3) is 16.3. The van der Waals surface area contributed by atoms with Crippen molar-refractivity contribution in [1.82, 2.24) is 0 Å². The number of rotatable bonds is 1. The van der Waals surface area contributed by atoms with Crippen molar-refractivity contribution in [3.63, 3.8) is 0 Å². The summed E-state index contributed by atoms with van der Waals surface area (Å²) in [6, 6.07) is 0. The van der Waals surface area contributed by atoms with Crippen molar-refractivity contribution in [2.45, 2.75) is 19.8 Å². The van der Waals surface area contributed by atoms with Crippen molar-refractivity contribution in [3.05, 3.63) is 6.92 Å². The van der Waals surface area contributed by atoms with E-state index in [1.54, 1.807) is 0 Å². The molecule has 0 unspecified atom stereocenters. The van der Waals surface area contributed by atoms with E-state index in [1.165, 1.54) is 6.42 Å². The van der Waals surface area contributed by atoms with E-state index in [0.717, 1.165) is 6.42 Å². The van der Waals surface area contributed by atoms with Crippen LogP contribution in [0.25, 0.3) is 0 Å². The Labute approximate surface area is 96.5 Å². The summed E-state index contributed by atoms with van der Waals surface area (Å²) in [6.45, 7) is 5.72. The van der Waals surface area contributed by atoms with Gasteiger partial charge in [-0.05, 0) is 0 Å². The Balaban J connectivity index is -0.0000000150. The average molecular weight is 104 g/mol. The number of unbranched alkanes of at least 4 members (excludes halogenated alkanes) is 1. The second-order valence-corrected chi connectivity index (χ2v) is 0.854. The van der Waals surface area contributed by atoms with Gasteiger partial charge in [0.05, 0.1) is 0 Å². The van der Waals surface area contributed by atoms with Gasteiger partial charge in [-0.2, -0.15) is 6.42 Å². The first-order valence-electron chi connectivity index (χ1n) is 1.71. The van der Waals surface area contributed by atoms with Crippen LogP contribution in [-0.2, 0) is 0 Å². The van der Waals surface area contributed by atoms with E-state index in [-0.39, 0.29) is 71.7 Å². The van der Waals surface area contributed by atoms with Crippen LogP contribution >= 0.6 is 0 Å². The van der Waals surface area contributed by atoms with Crippen LogP contribution in [-0.4, -0.2) is 0 Å². The summed E-state index contributed by atoms with van der Waals surface area (Å²) in [5.41, 5.74) is 0. The Morgan fingerprint density at radius 2 is 1.83 bits per heavy atom. The molecule has 0 heterocycles. The van der Waals surface area contributed by atoms with Gasteiger partial charge in [-0.25, -0.2) is 0 Å². The fourth-order valence-corrected chi connectivity index (χ4v) is 0. The summed E-state index contributed by atoms with van der Waals surface area (Å²) in [4.78, 5) is 0. The molecule has 2 heteroatoms. The molecule has 0 rings (SSSR count). The van der Waals surface area contributed by atoms with Gasteiger partial charge in [-0.15, -0.1) is 0 Å². The van der Waals surface area contributed by atoms with Crippen LogP contribution in [0.3, 0.4) is 0 Å². The zero-order valence-electron chi connectivity index (χ0n) is 6.12. The van der Waals surface area contributed by atoms with E-state index in [0.29, 0.717) is 0 Å². The maximum atomic E-state index is 3.60. The first kappa shape index (κ1) is 15.7. The minimum absolute atomic E-state index is 0. The van der Waals surface area contributed by atoms with Crippen molar-refractivity contribution >= 4 is 0 Å². The summed E-state index contributed by atoms with van der Waals surface area (Å²) in [7, 11) is 0. The third-order valence-corrected chi connectivity index (χ3v) is 0.354. The fourth-order valence-electron chi connectivity index (χ4n) is 0. The Morgan fingerprint density at radius 1 is 1.67 bits per heavy atom. The van der Waals surface area contributed by atoms with Gasteiger partial charge in [0, 0.05) is 0 Å². The minimum Gasteiger partial charge on any atom is -1.00 e. The largest absolute Gasteiger partial charge is 1.00 e. The molecule has 0 bridgehead atoms. The maximum absolute atomic E-state index is 3.60. The molecular formula is C4H10KLi. The van der Waals surface area contributed by atoms with Crippen molar-refractivity contribution < 1.29 is 71.7 Å². The predicted molar refractivity (Wildman–Crippen MR) is 21.4 cm³/mol. The topological polar surface area (TPSA) is 0 Å². The van der Waals surface area contributed by atoms with Gasteiger partial charge in [0.25, 0.3) is 0 Å². The van der Waals surface area contributed by atoms with Crippen molar-refractivity contribution in [2.24, 2.45) is 0 Å². The standard InChI is InChI=1S/C4H9.K.Li.H/c1-3-4-2;;;/h1,3-4H2,2H3;;;/q-1;2*+1;-1. The van der Waals surface area contributed by atoms with Crippen molar-refractivity contribution in [2.75, 3.05) is 0 Å². The van der Waals surface area contributed by atoms with Gasteiger partial charge < -0.3 is 8.35 Å². The van der Waals surface area contributed by atoms with Crippen LogP contribution in [0, 0.1) is 6.92 Å². The van der Waals surface area contributed by atoms with Crippen LogP contribution in [0.5, 0.6) is 0 Å². The molecule has 28 valence electrons. The van der Waals surface area contributed by atoms with Crippen molar-refractivity contribution in [1.29, 1.82) is 0 Å². The molecule has 0 aliphatic heterocycles. The number of hydrogen-bond donors (Lipinski definition) is 0.